The normalized spacial score (nSPS) is 13.2. The highest BCUT2D eigenvalue weighted by molar-refractivity contribution is 7.10. The molecule has 0 aliphatic rings. The fourth-order valence-corrected chi connectivity index (χ4v) is 11.1. The first-order chi connectivity index (χ1) is 40.6. The van der Waals surface area contributed by atoms with E-state index in [-0.39, 0.29) is 35.5 Å². The molecule has 0 spiro atoms. The molecule has 4 heterocycles. The Morgan fingerprint density at radius 2 is 1.05 bits per heavy atom. The van der Waals surface area contributed by atoms with Gasteiger partial charge < -0.3 is 24.1 Å². The van der Waals surface area contributed by atoms with Crippen molar-refractivity contribution in [3.8, 4) is 40.4 Å². The number of nitriles is 2. The smallest absolute Gasteiger partial charge is 0.340 e. The summed E-state index contributed by atoms with van der Waals surface area (Å²) >= 11 is 2.65. The van der Waals surface area contributed by atoms with Gasteiger partial charge in [-0.25, -0.2) is 56.5 Å². The first-order valence-corrected chi connectivity index (χ1v) is 27.3. The molecule has 0 aliphatic heterocycles. The van der Waals surface area contributed by atoms with Crippen molar-refractivity contribution >= 4 is 34.6 Å². The third kappa shape index (κ3) is 13.6. The van der Waals surface area contributed by atoms with Crippen molar-refractivity contribution < 1.29 is 51.2 Å². The molecule has 17 nitrogen and oxygen atoms in total. The van der Waals surface area contributed by atoms with Crippen LogP contribution in [-0.2, 0) is 43.2 Å². The maximum Gasteiger partial charge on any atom is 0.340 e. The zero-order valence-electron chi connectivity index (χ0n) is 44.8. The highest BCUT2D eigenvalue weighted by Gasteiger charge is 2.47. The highest BCUT2D eigenvalue weighted by atomic mass is 32.1. The second-order valence-electron chi connectivity index (χ2n) is 19.0. The van der Waals surface area contributed by atoms with Crippen LogP contribution in [-0.4, -0.2) is 70.1 Å². The maximum atomic E-state index is 15.6. The van der Waals surface area contributed by atoms with Crippen LogP contribution in [0.1, 0.15) is 84.2 Å². The summed E-state index contributed by atoms with van der Waals surface area (Å²) in [5.41, 5.74) is 2.08. The topological polar surface area (TPSA) is 226 Å². The van der Waals surface area contributed by atoms with Crippen LogP contribution in [0.4, 0.5) is 17.6 Å². The summed E-state index contributed by atoms with van der Waals surface area (Å²) in [5, 5.41) is 41.2. The summed E-state index contributed by atoms with van der Waals surface area (Å²) in [7, 11) is 0. The molecule has 23 heteroatoms. The standard InChI is InChI=1S/C31H25F2N5O3S.C30H23F2N5O4S/c1-20-4-3-5-24(12-20)30(39)40-19-41-31(16-38-18-35-17-36-38,26-11-10-25(32)13-27(26)33)21(2)29-37-28(15-42-29)23-8-6-22(14-34)7-9-23;1-19(28-36-27(14-42-28)21-7-5-20(13-33)6-8-21)30(15-37-17-34-16-35-37,25-10-9-23(31)12-26(25)32)41-18-40-29(39)22-3-2-4-24(38)11-22/h3-13,15,17-18,21H,16,19H2,1-2H3;2-12,14,16-17,19,38H,15,18H2,1H3/t21-,31?;19-,30?/m00/s1. The second-order valence-corrected chi connectivity index (χ2v) is 20.8. The third-order valence-electron chi connectivity index (χ3n) is 13.7. The first kappa shape index (κ1) is 58.9. The number of esters is 2. The van der Waals surface area contributed by atoms with E-state index < -0.39 is 71.8 Å². The summed E-state index contributed by atoms with van der Waals surface area (Å²) < 4.78 is 85.5. The Morgan fingerprint density at radius 1 is 0.607 bits per heavy atom. The number of halogens is 4. The number of phenols is 1. The highest BCUT2D eigenvalue weighted by Crippen LogP contribution is 2.46. The van der Waals surface area contributed by atoms with Crippen molar-refractivity contribution in [3.05, 3.63) is 242 Å². The number of ether oxygens (including phenoxy) is 4. The quantitative estimate of drug-likeness (QED) is 0.0425. The van der Waals surface area contributed by atoms with Gasteiger partial charge in [-0.1, -0.05) is 74.0 Å². The van der Waals surface area contributed by atoms with E-state index >= 15 is 8.78 Å². The van der Waals surface area contributed by atoms with E-state index in [1.807, 2.05) is 30.7 Å². The van der Waals surface area contributed by atoms with Gasteiger partial charge in [-0.05, 0) is 73.7 Å². The van der Waals surface area contributed by atoms with Gasteiger partial charge in [-0.15, -0.1) is 22.7 Å². The van der Waals surface area contributed by atoms with Crippen LogP contribution in [0.3, 0.4) is 0 Å². The third-order valence-corrected chi connectivity index (χ3v) is 15.7. The molecule has 10 aromatic rings. The fourth-order valence-electron chi connectivity index (χ4n) is 9.20. The number of aromatic nitrogens is 8. The lowest BCUT2D eigenvalue weighted by Crippen LogP contribution is -2.42. The predicted octanol–water partition coefficient (Wildman–Crippen LogP) is 12.2. The molecule has 0 fully saturated rings. The number of hydrogen-bond donors (Lipinski definition) is 1. The Morgan fingerprint density at radius 3 is 1.44 bits per heavy atom. The van der Waals surface area contributed by atoms with E-state index in [0.717, 1.165) is 41.0 Å². The molecule has 2 unspecified atom stereocenters. The number of thiazole rings is 2. The summed E-state index contributed by atoms with van der Waals surface area (Å²) in [5.74, 6) is -6.05. The van der Waals surface area contributed by atoms with Crippen molar-refractivity contribution in [2.45, 2.75) is 56.9 Å². The average molecular weight is 1170 g/mol. The summed E-state index contributed by atoms with van der Waals surface area (Å²) in [6, 6.07) is 37.0. The van der Waals surface area contributed by atoms with E-state index in [2.05, 4.69) is 32.3 Å². The Balaban J connectivity index is 0.000000202. The number of hydrogen-bond acceptors (Lipinski definition) is 17. The zero-order valence-corrected chi connectivity index (χ0v) is 46.5. The van der Waals surface area contributed by atoms with Crippen LogP contribution in [0.15, 0.2) is 170 Å². The van der Waals surface area contributed by atoms with Gasteiger partial charge in [0.1, 0.15) is 65.5 Å². The summed E-state index contributed by atoms with van der Waals surface area (Å²) in [4.78, 5) is 43.1. The van der Waals surface area contributed by atoms with Crippen LogP contribution in [0.2, 0.25) is 0 Å². The van der Waals surface area contributed by atoms with E-state index in [1.54, 1.807) is 73.7 Å². The molecular formula is C61H48F4N10O7S2. The van der Waals surface area contributed by atoms with Gasteiger partial charge in [0.2, 0.25) is 0 Å². The molecule has 0 bridgehead atoms. The molecule has 1 N–H and O–H groups in total. The number of rotatable bonds is 20. The molecule has 6 aromatic carbocycles. The van der Waals surface area contributed by atoms with Gasteiger partial charge in [0.25, 0.3) is 0 Å². The van der Waals surface area contributed by atoms with Crippen molar-refractivity contribution in [3.63, 3.8) is 0 Å². The second kappa shape index (κ2) is 26.4. The number of aromatic hydroxyl groups is 1. The molecule has 0 saturated heterocycles. The number of carbonyl (C=O) groups excluding carboxylic acids is 2. The Labute approximate surface area is 486 Å². The van der Waals surface area contributed by atoms with Gasteiger partial charge in [0.15, 0.2) is 13.6 Å². The number of carbonyl (C=O) groups is 2. The lowest BCUT2D eigenvalue weighted by molar-refractivity contribution is -0.148. The molecule has 0 saturated carbocycles. The average Bonchev–Trinajstić information content (AvgIpc) is 1.88. The van der Waals surface area contributed by atoms with Crippen molar-refractivity contribution in [1.82, 2.24) is 39.5 Å². The largest absolute Gasteiger partial charge is 0.508 e. The molecule has 0 radical (unpaired) electrons. The molecular weight excluding hydrogens is 1120 g/mol. The Bertz CT molecular complexity index is 3730. The van der Waals surface area contributed by atoms with Crippen molar-refractivity contribution in [1.29, 1.82) is 10.5 Å². The van der Waals surface area contributed by atoms with Crippen LogP contribution in [0, 0.1) is 52.9 Å². The van der Waals surface area contributed by atoms with Gasteiger partial charge in [-0.3, -0.25) is 0 Å². The Kier molecular flexibility index (Phi) is 18.5. The maximum absolute atomic E-state index is 15.6. The van der Waals surface area contributed by atoms with E-state index in [1.165, 1.54) is 93.7 Å². The number of nitrogens with zero attached hydrogens (tertiary/aromatic N) is 10. The number of aryl methyl sites for hydroxylation is 1. The molecule has 0 amide bonds. The minimum absolute atomic E-state index is 0.00423. The lowest BCUT2D eigenvalue weighted by atomic mass is 9.81. The van der Waals surface area contributed by atoms with E-state index in [0.29, 0.717) is 38.1 Å². The van der Waals surface area contributed by atoms with Gasteiger partial charge in [0.05, 0.1) is 68.9 Å². The number of phenolic OH excluding ortho intramolecular Hbond substituents is 1. The zero-order chi connectivity index (χ0) is 59.4. The fraction of sp³-hybridized carbons (Fsp3) is 0.180. The van der Waals surface area contributed by atoms with Crippen LogP contribution < -0.4 is 0 Å². The van der Waals surface area contributed by atoms with Crippen molar-refractivity contribution in [2.24, 2.45) is 0 Å². The lowest BCUT2D eigenvalue weighted by Gasteiger charge is -2.38. The van der Waals surface area contributed by atoms with Crippen molar-refractivity contribution in [2.75, 3.05) is 13.6 Å². The minimum Gasteiger partial charge on any atom is -0.508 e. The van der Waals surface area contributed by atoms with Gasteiger partial charge in [0, 0.05) is 57.0 Å². The van der Waals surface area contributed by atoms with Crippen LogP contribution in [0.25, 0.3) is 22.5 Å². The van der Waals surface area contributed by atoms with Gasteiger partial charge >= 0.3 is 11.9 Å². The first-order valence-electron chi connectivity index (χ1n) is 25.5. The molecule has 84 heavy (non-hydrogen) atoms. The van der Waals surface area contributed by atoms with E-state index in [9.17, 15) is 23.5 Å². The summed E-state index contributed by atoms with van der Waals surface area (Å²) in [6.45, 7) is 4.16. The Hall–Kier alpha value is -9.78. The monoisotopic (exact) mass is 1170 g/mol. The molecule has 10 rings (SSSR count). The van der Waals surface area contributed by atoms with Crippen LogP contribution in [0.5, 0.6) is 5.75 Å². The van der Waals surface area contributed by atoms with Gasteiger partial charge in [-0.2, -0.15) is 20.7 Å². The molecule has 424 valence electrons. The molecule has 4 atom stereocenters. The minimum atomic E-state index is -1.61. The van der Waals surface area contributed by atoms with Crippen LogP contribution >= 0.6 is 22.7 Å². The SMILES string of the molecule is C[C@@H](c1nc(-c2ccc(C#N)cc2)cs1)C(Cn1cncn1)(OCOC(=O)c1cccc(O)c1)c1ccc(F)cc1F.Cc1cccc(C(=O)OCOC(Cn2cncn2)(c2ccc(F)cc2F)[C@@H](C)c2nc(-c3ccc(C#N)cc3)cs2)c1. The predicted molar refractivity (Wildman–Crippen MR) is 299 cm³/mol. The van der Waals surface area contributed by atoms with E-state index in [4.69, 9.17) is 39.4 Å². The molecule has 0 aliphatic carbocycles. The summed E-state index contributed by atoms with van der Waals surface area (Å²) in [6.07, 6.45) is 5.52. The number of benzene rings is 6. The molecule has 4 aromatic heterocycles.